The fourth-order valence-electron chi connectivity index (χ4n) is 1.99. The summed E-state index contributed by atoms with van der Waals surface area (Å²) in [7, 11) is 0. The summed E-state index contributed by atoms with van der Waals surface area (Å²) in [6.07, 6.45) is 0. The Morgan fingerprint density at radius 3 is 2.43 bits per heavy atom. The zero-order valence-electron chi connectivity index (χ0n) is 12.3. The average molecular weight is 301 g/mol. The molecule has 0 spiro atoms. The molecule has 0 fully saturated rings. The Hall–Kier alpha value is -2.07. The van der Waals surface area contributed by atoms with Gasteiger partial charge in [0.25, 0.3) is 0 Å². The van der Waals surface area contributed by atoms with Gasteiger partial charge in [0.15, 0.2) is 0 Å². The molecule has 0 heterocycles. The van der Waals surface area contributed by atoms with Crippen LogP contribution in [0.1, 0.15) is 23.6 Å². The molecule has 0 unspecified atom stereocenters. The van der Waals surface area contributed by atoms with Crippen molar-refractivity contribution in [2.24, 2.45) is 5.73 Å². The van der Waals surface area contributed by atoms with Gasteiger partial charge in [-0.1, -0.05) is 30.4 Å². The van der Waals surface area contributed by atoms with Gasteiger partial charge in [-0.05, 0) is 43.2 Å². The van der Waals surface area contributed by atoms with Gasteiger partial charge in [0.2, 0.25) is 0 Å². The van der Waals surface area contributed by atoms with Gasteiger partial charge >= 0.3 is 0 Å². The summed E-state index contributed by atoms with van der Waals surface area (Å²) >= 11 is 4.98. The van der Waals surface area contributed by atoms with Crippen LogP contribution in [0.2, 0.25) is 0 Å². The number of nitrogens with two attached hydrogens (primary N) is 1. The molecule has 0 atom stereocenters. The maximum absolute atomic E-state index is 5.82. The highest BCUT2D eigenvalue weighted by atomic mass is 32.1. The quantitative estimate of drug-likeness (QED) is 0.828. The molecule has 110 valence electrons. The second-order valence-corrected chi connectivity index (χ2v) is 5.14. The van der Waals surface area contributed by atoms with Crippen molar-refractivity contribution in [2.75, 3.05) is 6.61 Å². The zero-order valence-corrected chi connectivity index (χ0v) is 13.1. The maximum atomic E-state index is 5.82. The van der Waals surface area contributed by atoms with Crippen LogP contribution in [0.15, 0.2) is 42.5 Å². The van der Waals surface area contributed by atoms with Crippen LogP contribution in [0, 0.1) is 6.92 Å². The fraction of sp³-hybridized carbons (Fsp3) is 0.235. The minimum atomic E-state index is 0.412. The lowest BCUT2D eigenvalue weighted by molar-refractivity contribution is 0.299. The Bertz CT molecular complexity index is 640. The van der Waals surface area contributed by atoms with E-state index in [0.717, 1.165) is 28.2 Å². The lowest BCUT2D eigenvalue weighted by atomic mass is 10.1. The van der Waals surface area contributed by atoms with Gasteiger partial charge in [-0.2, -0.15) is 0 Å². The molecule has 2 aromatic rings. The molecular formula is C17H19NO2S. The van der Waals surface area contributed by atoms with Crippen LogP contribution in [-0.2, 0) is 6.61 Å². The zero-order chi connectivity index (χ0) is 15.2. The van der Waals surface area contributed by atoms with E-state index < -0.39 is 0 Å². The Morgan fingerprint density at radius 1 is 1.10 bits per heavy atom. The Labute approximate surface area is 130 Å². The predicted octanol–water partition coefficient (Wildman–Crippen LogP) is 3.61. The molecule has 0 aliphatic rings. The molecule has 0 radical (unpaired) electrons. The van der Waals surface area contributed by atoms with Crippen molar-refractivity contribution in [2.45, 2.75) is 20.5 Å². The molecule has 4 heteroatoms. The molecular weight excluding hydrogens is 282 g/mol. The van der Waals surface area contributed by atoms with E-state index in [4.69, 9.17) is 27.4 Å². The second-order valence-electron chi connectivity index (χ2n) is 4.70. The van der Waals surface area contributed by atoms with Crippen molar-refractivity contribution < 1.29 is 9.47 Å². The summed E-state index contributed by atoms with van der Waals surface area (Å²) in [6.45, 7) is 5.12. The van der Waals surface area contributed by atoms with E-state index in [1.54, 1.807) is 0 Å². The first-order valence-corrected chi connectivity index (χ1v) is 7.26. The lowest BCUT2D eigenvalue weighted by Gasteiger charge is -2.11. The number of thiocarbonyl (C=S) groups is 1. The monoisotopic (exact) mass is 301 g/mol. The second kappa shape index (κ2) is 7.09. The van der Waals surface area contributed by atoms with Crippen molar-refractivity contribution in [3.8, 4) is 11.5 Å². The summed E-state index contributed by atoms with van der Waals surface area (Å²) in [4.78, 5) is 0.412. The molecule has 0 aromatic heterocycles. The van der Waals surface area contributed by atoms with E-state index >= 15 is 0 Å². The van der Waals surface area contributed by atoms with Crippen molar-refractivity contribution in [1.82, 2.24) is 0 Å². The van der Waals surface area contributed by atoms with Gasteiger partial charge in [-0.25, -0.2) is 0 Å². The third-order valence-corrected chi connectivity index (χ3v) is 3.37. The number of hydrogen-bond acceptors (Lipinski definition) is 3. The predicted molar refractivity (Wildman–Crippen MR) is 89.0 cm³/mol. The maximum Gasteiger partial charge on any atom is 0.123 e. The summed E-state index contributed by atoms with van der Waals surface area (Å²) in [5.41, 5.74) is 8.73. The highest BCUT2D eigenvalue weighted by Gasteiger charge is 2.04. The normalized spacial score (nSPS) is 10.2. The van der Waals surface area contributed by atoms with Gasteiger partial charge in [0.05, 0.1) is 6.61 Å². The van der Waals surface area contributed by atoms with E-state index in [-0.39, 0.29) is 0 Å². The molecule has 21 heavy (non-hydrogen) atoms. The van der Waals surface area contributed by atoms with E-state index in [2.05, 4.69) is 0 Å². The first-order valence-electron chi connectivity index (χ1n) is 6.85. The van der Waals surface area contributed by atoms with Crippen LogP contribution in [0.5, 0.6) is 11.5 Å². The molecule has 0 bridgehead atoms. The van der Waals surface area contributed by atoms with E-state index in [1.807, 2.05) is 56.3 Å². The molecule has 2 rings (SSSR count). The van der Waals surface area contributed by atoms with Gasteiger partial charge in [-0.3, -0.25) is 0 Å². The standard InChI is InChI=1S/C17H19NO2S/c1-3-19-15-5-4-6-16(10-15)20-11-14-8-7-13(17(18)21)9-12(14)2/h4-10H,3,11H2,1-2H3,(H2,18,21). The van der Waals surface area contributed by atoms with Crippen LogP contribution in [-0.4, -0.2) is 11.6 Å². The number of rotatable bonds is 6. The smallest absolute Gasteiger partial charge is 0.123 e. The molecule has 0 saturated heterocycles. The minimum absolute atomic E-state index is 0.412. The highest BCUT2D eigenvalue weighted by molar-refractivity contribution is 7.80. The first kappa shape index (κ1) is 15.3. The molecule has 0 amide bonds. The number of hydrogen-bond donors (Lipinski definition) is 1. The molecule has 2 aromatic carbocycles. The summed E-state index contributed by atoms with van der Waals surface area (Å²) in [5.74, 6) is 1.61. The van der Waals surface area contributed by atoms with Crippen molar-refractivity contribution >= 4 is 17.2 Å². The topological polar surface area (TPSA) is 44.5 Å². The SMILES string of the molecule is CCOc1cccc(OCc2ccc(C(N)=S)cc2C)c1. The summed E-state index contributed by atoms with van der Waals surface area (Å²) in [5, 5.41) is 0. The molecule has 0 aliphatic carbocycles. The molecule has 0 aliphatic heterocycles. The molecule has 2 N–H and O–H groups in total. The van der Waals surface area contributed by atoms with Crippen LogP contribution in [0.4, 0.5) is 0 Å². The van der Waals surface area contributed by atoms with Crippen molar-refractivity contribution in [3.05, 3.63) is 59.2 Å². The average Bonchev–Trinajstić information content (AvgIpc) is 2.46. The molecule has 0 saturated carbocycles. The third-order valence-electron chi connectivity index (χ3n) is 3.14. The summed E-state index contributed by atoms with van der Waals surface area (Å²) < 4.78 is 11.3. The van der Waals surface area contributed by atoms with Crippen LogP contribution < -0.4 is 15.2 Å². The third kappa shape index (κ3) is 4.20. The number of benzene rings is 2. The Kier molecular flexibility index (Phi) is 5.17. The lowest BCUT2D eigenvalue weighted by Crippen LogP contribution is -2.10. The Morgan fingerprint density at radius 2 is 1.81 bits per heavy atom. The van der Waals surface area contributed by atoms with E-state index in [0.29, 0.717) is 18.2 Å². The number of aryl methyl sites for hydroxylation is 1. The fourth-order valence-corrected chi connectivity index (χ4v) is 2.12. The Balaban J connectivity index is 2.06. The van der Waals surface area contributed by atoms with E-state index in [9.17, 15) is 0 Å². The van der Waals surface area contributed by atoms with Crippen LogP contribution in [0.3, 0.4) is 0 Å². The van der Waals surface area contributed by atoms with Crippen LogP contribution >= 0.6 is 12.2 Å². The highest BCUT2D eigenvalue weighted by Crippen LogP contribution is 2.21. The molecule has 3 nitrogen and oxygen atoms in total. The van der Waals surface area contributed by atoms with Crippen LogP contribution in [0.25, 0.3) is 0 Å². The number of ether oxygens (including phenoxy) is 2. The van der Waals surface area contributed by atoms with Crippen molar-refractivity contribution in [1.29, 1.82) is 0 Å². The van der Waals surface area contributed by atoms with E-state index in [1.165, 1.54) is 0 Å². The van der Waals surface area contributed by atoms with Gasteiger partial charge in [0, 0.05) is 11.6 Å². The minimum Gasteiger partial charge on any atom is -0.494 e. The van der Waals surface area contributed by atoms with Gasteiger partial charge < -0.3 is 15.2 Å². The largest absolute Gasteiger partial charge is 0.494 e. The summed E-state index contributed by atoms with van der Waals surface area (Å²) in [6, 6.07) is 13.5. The first-order chi connectivity index (χ1) is 10.1. The van der Waals surface area contributed by atoms with Gasteiger partial charge in [0.1, 0.15) is 23.1 Å². The van der Waals surface area contributed by atoms with Gasteiger partial charge in [-0.15, -0.1) is 0 Å². The van der Waals surface area contributed by atoms with Crippen molar-refractivity contribution in [3.63, 3.8) is 0 Å².